The van der Waals surface area contributed by atoms with Crippen molar-refractivity contribution < 1.29 is 13.2 Å². The number of nitrogens with zero attached hydrogens (tertiary/aromatic N) is 2. The van der Waals surface area contributed by atoms with Crippen LogP contribution < -0.4 is 0 Å². The van der Waals surface area contributed by atoms with Crippen molar-refractivity contribution in [3.63, 3.8) is 0 Å². The van der Waals surface area contributed by atoms with Gasteiger partial charge in [0, 0.05) is 4.47 Å². The number of halogens is 5. The molecule has 7 heteroatoms. The summed E-state index contributed by atoms with van der Waals surface area (Å²) in [4.78, 5) is 0. The first-order valence-corrected chi connectivity index (χ1v) is 6.46. The summed E-state index contributed by atoms with van der Waals surface area (Å²) in [6, 6.07) is 5.01. The summed E-state index contributed by atoms with van der Waals surface area (Å²) in [6.45, 7) is 1.73. The van der Waals surface area contributed by atoms with Gasteiger partial charge in [0.2, 0.25) is 0 Å². The van der Waals surface area contributed by atoms with Crippen molar-refractivity contribution in [2.24, 2.45) is 0 Å². The third-order valence-corrected chi connectivity index (χ3v) is 3.45. The maximum atomic E-state index is 12.9. The van der Waals surface area contributed by atoms with Crippen molar-refractivity contribution in [1.29, 1.82) is 0 Å². The lowest BCUT2D eigenvalue weighted by Crippen LogP contribution is -2.14. The topological polar surface area (TPSA) is 17.8 Å². The molecule has 18 heavy (non-hydrogen) atoms. The van der Waals surface area contributed by atoms with Crippen LogP contribution >= 0.6 is 31.9 Å². The third kappa shape index (κ3) is 2.47. The maximum absolute atomic E-state index is 12.9. The molecule has 0 N–H and O–H groups in total. The predicted molar refractivity (Wildman–Crippen MR) is 68.7 cm³/mol. The maximum Gasteiger partial charge on any atom is 0.434 e. The Morgan fingerprint density at radius 2 is 1.89 bits per heavy atom. The van der Waals surface area contributed by atoms with Crippen LogP contribution in [0.1, 0.15) is 11.3 Å². The highest BCUT2D eigenvalue weighted by atomic mass is 79.9. The summed E-state index contributed by atoms with van der Waals surface area (Å²) >= 11 is 6.15. The number of aryl methyl sites for hydroxylation is 1. The highest BCUT2D eigenvalue weighted by molar-refractivity contribution is 9.10. The Bertz CT molecular complexity index is 590. The highest BCUT2D eigenvalue weighted by Gasteiger charge is 2.38. The molecule has 0 aliphatic heterocycles. The monoisotopic (exact) mass is 382 g/mol. The van der Waals surface area contributed by atoms with Crippen molar-refractivity contribution in [1.82, 2.24) is 9.78 Å². The average molecular weight is 384 g/mol. The quantitative estimate of drug-likeness (QED) is 0.696. The first-order valence-electron chi connectivity index (χ1n) is 4.88. The van der Waals surface area contributed by atoms with Crippen molar-refractivity contribution in [3.05, 3.63) is 44.6 Å². The summed E-state index contributed by atoms with van der Waals surface area (Å²) in [6.07, 6.45) is -3.32. The number of rotatable bonds is 1. The van der Waals surface area contributed by atoms with Gasteiger partial charge in [-0.2, -0.15) is 18.3 Å². The van der Waals surface area contributed by atoms with Gasteiger partial charge in [-0.3, -0.25) is 0 Å². The molecule has 0 aliphatic carbocycles. The molecule has 0 fully saturated rings. The number of aromatic nitrogens is 2. The Kier molecular flexibility index (Phi) is 3.55. The summed E-state index contributed by atoms with van der Waals surface area (Å²) in [5.74, 6) is 0. The van der Waals surface area contributed by atoms with E-state index in [1.165, 1.54) is 0 Å². The minimum absolute atomic E-state index is 0.0719. The van der Waals surface area contributed by atoms with Gasteiger partial charge in [-0.25, -0.2) is 4.68 Å². The summed E-state index contributed by atoms with van der Waals surface area (Å²) in [5.41, 5.74) is 0.287. The molecule has 0 atom stereocenters. The van der Waals surface area contributed by atoms with E-state index in [-0.39, 0.29) is 4.47 Å². The Balaban J connectivity index is 2.65. The van der Waals surface area contributed by atoms with Gasteiger partial charge in [0.25, 0.3) is 0 Å². The van der Waals surface area contributed by atoms with Crippen LogP contribution in [-0.2, 0) is 6.18 Å². The molecule has 96 valence electrons. The van der Waals surface area contributed by atoms with E-state index in [1.54, 1.807) is 25.1 Å². The van der Waals surface area contributed by atoms with Crippen molar-refractivity contribution in [2.45, 2.75) is 13.1 Å². The number of alkyl halides is 3. The van der Waals surface area contributed by atoms with E-state index < -0.39 is 11.9 Å². The van der Waals surface area contributed by atoms with Crippen LogP contribution in [-0.4, -0.2) is 9.78 Å². The molecular formula is C11H7Br2F3N2. The normalized spacial score (nSPS) is 11.9. The molecule has 0 amide bonds. The second-order valence-corrected chi connectivity index (χ2v) is 5.45. The number of hydrogen-bond acceptors (Lipinski definition) is 1. The lowest BCUT2D eigenvalue weighted by molar-refractivity contribution is -0.143. The minimum atomic E-state index is -4.46. The molecule has 0 bridgehead atoms. The van der Waals surface area contributed by atoms with Crippen molar-refractivity contribution in [3.8, 4) is 5.69 Å². The van der Waals surface area contributed by atoms with Crippen LogP contribution in [0.5, 0.6) is 0 Å². The summed E-state index contributed by atoms with van der Waals surface area (Å²) < 4.78 is 40.4. The van der Waals surface area contributed by atoms with Crippen LogP contribution in [0, 0.1) is 6.92 Å². The molecule has 1 aromatic heterocycles. The zero-order valence-corrected chi connectivity index (χ0v) is 12.3. The SMILES string of the molecule is Cc1cc(Br)ccc1-n1ncc(Br)c1C(F)(F)F. The van der Waals surface area contributed by atoms with Gasteiger partial charge < -0.3 is 0 Å². The van der Waals surface area contributed by atoms with Crippen LogP contribution in [0.15, 0.2) is 33.3 Å². The second-order valence-electron chi connectivity index (χ2n) is 3.68. The number of benzene rings is 1. The molecule has 0 saturated heterocycles. The molecule has 2 rings (SSSR count). The van der Waals surface area contributed by atoms with Crippen LogP contribution in [0.4, 0.5) is 13.2 Å². The van der Waals surface area contributed by atoms with E-state index >= 15 is 0 Å². The molecular weight excluding hydrogens is 377 g/mol. The van der Waals surface area contributed by atoms with E-state index in [0.717, 1.165) is 15.4 Å². The van der Waals surface area contributed by atoms with E-state index in [4.69, 9.17) is 0 Å². The van der Waals surface area contributed by atoms with Crippen LogP contribution in [0.2, 0.25) is 0 Å². The first-order chi connectivity index (χ1) is 8.30. The third-order valence-electron chi connectivity index (χ3n) is 2.38. The summed E-state index contributed by atoms with van der Waals surface area (Å²) in [7, 11) is 0. The van der Waals surface area contributed by atoms with Crippen molar-refractivity contribution in [2.75, 3.05) is 0 Å². The molecule has 0 spiro atoms. The minimum Gasteiger partial charge on any atom is -0.227 e. The second kappa shape index (κ2) is 4.70. The largest absolute Gasteiger partial charge is 0.434 e. The van der Waals surface area contributed by atoms with E-state index in [0.29, 0.717) is 11.3 Å². The van der Waals surface area contributed by atoms with E-state index in [1.807, 2.05) is 0 Å². The van der Waals surface area contributed by atoms with Gasteiger partial charge in [-0.1, -0.05) is 15.9 Å². The Morgan fingerprint density at radius 1 is 1.22 bits per heavy atom. The number of hydrogen-bond donors (Lipinski definition) is 0. The van der Waals surface area contributed by atoms with Crippen LogP contribution in [0.25, 0.3) is 5.69 Å². The van der Waals surface area contributed by atoms with Crippen molar-refractivity contribution >= 4 is 31.9 Å². The molecule has 1 heterocycles. The first kappa shape index (κ1) is 13.6. The molecule has 0 radical (unpaired) electrons. The van der Waals surface area contributed by atoms with Gasteiger partial charge in [-0.05, 0) is 46.6 Å². The van der Waals surface area contributed by atoms with Gasteiger partial charge in [-0.15, -0.1) is 0 Å². The zero-order valence-electron chi connectivity index (χ0n) is 9.09. The smallest absolute Gasteiger partial charge is 0.227 e. The molecule has 0 unspecified atom stereocenters. The Hall–Kier alpha value is -0.820. The Labute approximate surface area is 118 Å². The molecule has 1 aromatic carbocycles. The van der Waals surface area contributed by atoms with Gasteiger partial charge in [0.05, 0.1) is 16.4 Å². The fourth-order valence-corrected chi connectivity index (χ4v) is 2.58. The fraction of sp³-hybridized carbons (Fsp3) is 0.182. The molecule has 0 saturated carbocycles. The molecule has 2 aromatic rings. The fourth-order valence-electron chi connectivity index (χ4n) is 1.62. The Morgan fingerprint density at radius 3 is 2.44 bits per heavy atom. The molecule has 2 nitrogen and oxygen atoms in total. The van der Waals surface area contributed by atoms with Gasteiger partial charge in [0.1, 0.15) is 0 Å². The zero-order chi connectivity index (χ0) is 13.5. The standard InChI is InChI=1S/C11H7Br2F3N2/c1-6-4-7(12)2-3-9(6)18-10(11(14,15)16)8(13)5-17-18/h2-5H,1H3. The highest BCUT2D eigenvalue weighted by Crippen LogP contribution is 2.36. The van der Waals surface area contributed by atoms with Gasteiger partial charge >= 0.3 is 6.18 Å². The lowest BCUT2D eigenvalue weighted by atomic mass is 10.2. The summed E-state index contributed by atoms with van der Waals surface area (Å²) in [5, 5.41) is 3.78. The lowest BCUT2D eigenvalue weighted by Gasteiger charge is -2.13. The van der Waals surface area contributed by atoms with E-state index in [2.05, 4.69) is 37.0 Å². The predicted octanol–water partition coefficient (Wildman–Crippen LogP) is 4.72. The van der Waals surface area contributed by atoms with Crippen LogP contribution in [0.3, 0.4) is 0 Å². The van der Waals surface area contributed by atoms with Gasteiger partial charge in [0.15, 0.2) is 5.69 Å². The average Bonchev–Trinajstić information content (AvgIpc) is 2.59. The molecule has 0 aliphatic rings. The van der Waals surface area contributed by atoms with E-state index in [9.17, 15) is 13.2 Å².